The number of likely N-dealkylation sites (tertiary alicyclic amines) is 1. The highest BCUT2D eigenvalue weighted by atomic mass is 32.2. The van der Waals surface area contributed by atoms with Crippen molar-refractivity contribution in [2.45, 2.75) is 17.7 Å². The smallest absolute Gasteiger partial charge is 0.285 e. The summed E-state index contributed by atoms with van der Waals surface area (Å²) < 4.78 is 28.7. The largest absolute Gasteiger partial charge is 0.355 e. The zero-order valence-corrected chi connectivity index (χ0v) is 17.3. The van der Waals surface area contributed by atoms with Gasteiger partial charge in [-0.15, -0.1) is 9.50 Å². The number of piperidine rings is 1. The summed E-state index contributed by atoms with van der Waals surface area (Å²) in [5.74, 6) is 0.677. The number of nitrogens with zero attached hydrogens (tertiary/aromatic N) is 4. The predicted molar refractivity (Wildman–Crippen MR) is 115 cm³/mol. The molecule has 3 heterocycles. The van der Waals surface area contributed by atoms with E-state index in [1.165, 1.54) is 0 Å². The third-order valence-electron chi connectivity index (χ3n) is 5.47. The molecule has 1 saturated heterocycles. The molecule has 9 nitrogen and oxygen atoms in total. The first-order valence-corrected chi connectivity index (χ1v) is 11.4. The number of anilines is 1. The Bertz CT molecular complexity index is 1270. The van der Waals surface area contributed by atoms with Crippen molar-refractivity contribution in [1.29, 1.82) is 0 Å². The molecule has 1 aromatic heterocycles. The lowest BCUT2D eigenvalue weighted by molar-refractivity contribution is -0.121. The number of rotatable bonds is 3. The van der Waals surface area contributed by atoms with Gasteiger partial charge in [-0.05, 0) is 25.0 Å². The molecular formula is C21H20N6O3S. The van der Waals surface area contributed by atoms with E-state index in [0.29, 0.717) is 36.7 Å². The molecule has 1 amide bonds. The highest BCUT2D eigenvalue weighted by Crippen LogP contribution is 2.30. The molecule has 2 aliphatic heterocycles. The summed E-state index contributed by atoms with van der Waals surface area (Å²) in [5, 5.41) is 9.69. The molecule has 1 unspecified atom stereocenters. The van der Waals surface area contributed by atoms with Crippen LogP contribution in [0.4, 0.5) is 5.95 Å². The maximum atomic E-state index is 12.9. The quantitative estimate of drug-likeness (QED) is 0.650. The number of aromatic nitrogens is 3. The van der Waals surface area contributed by atoms with Crippen LogP contribution in [0.1, 0.15) is 18.4 Å². The minimum Gasteiger partial charge on any atom is -0.355 e. The molecule has 2 aromatic carbocycles. The van der Waals surface area contributed by atoms with Crippen molar-refractivity contribution in [3.63, 3.8) is 0 Å². The SMILES string of the molecule is O=C(Nc1n[nH]c(-c2ccccc2)n1)C1CCCN(C2=NS(=O)(=O)c3ccccc32)C1. The molecule has 3 aromatic rings. The number of aromatic amines is 1. The third-order valence-corrected chi connectivity index (χ3v) is 6.80. The van der Waals surface area contributed by atoms with Crippen LogP contribution >= 0.6 is 0 Å². The van der Waals surface area contributed by atoms with Crippen molar-refractivity contribution in [2.24, 2.45) is 10.3 Å². The number of benzene rings is 2. The highest BCUT2D eigenvalue weighted by molar-refractivity contribution is 7.90. The Kier molecular flexibility index (Phi) is 4.78. The fourth-order valence-electron chi connectivity index (χ4n) is 3.96. The van der Waals surface area contributed by atoms with Gasteiger partial charge in [-0.1, -0.05) is 42.5 Å². The molecule has 0 saturated carbocycles. The molecule has 0 radical (unpaired) electrons. The molecule has 10 heteroatoms. The van der Waals surface area contributed by atoms with Gasteiger partial charge in [-0.2, -0.15) is 13.4 Å². The summed E-state index contributed by atoms with van der Waals surface area (Å²) in [4.78, 5) is 19.3. The van der Waals surface area contributed by atoms with Crippen molar-refractivity contribution in [3.8, 4) is 11.4 Å². The van der Waals surface area contributed by atoms with E-state index in [1.54, 1.807) is 24.3 Å². The summed E-state index contributed by atoms with van der Waals surface area (Å²) in [6, 6.07) is 16.3. The lowest BCUT2D eigenvalue weighted by atomic mass is 9.96. The Balaban J connectivity index is 1.30. The number of nitrogens with one attached hydrogen (secondary N) is 2. The number of sulfonamides is 1. The number of H-pyrrole nitrogens is 1. The lowest BCUT2D eigenvalue weighted by Crippen LogP contribution is -2.43. The molecule has 0 bridgehead atoms. The van der Waals surface area contributed by atoms with Crippen molar-refractivity contribution in [2.75, 3.05) is 18.4 Å². The summed E-state index contributed by atoms with van der Waals surface area (Å²) in [6.45, 7) is 1.02. The second kappa shape index (κ2) is 7.62. The van der Waals surface area contributed by atoms with Crippen LogP contribution < -0.4 is 5.32 Å². The Morgan fingerprint density at radius 1 is 1.10 bits per heavy atom. The molecule has 5 rings (SSSR count). The number of amides is 1. The molecule has 158 valence electrons. The maximum Gasteiger partial charge on any atom is 0.285 e. The van der Waals surface area contributed by atoms with Gasteiger partial charge in [0.25, 0.3) is 10.0 Å². The molecule has 1 fully saturated rings. The molecule has 2 aliphatic rings. The minimum atomic E-state index is -3.69. The summed E-state index contributed by atoms with van der Waals surface area (Å²) in [7, 11) is -3.69. The molecule has 2 N–H and O–H groups in total. The van der Waals surface area contributed by atoms with Crippen LogP contribution in [0.25, 0.3) is 11.4 Å². The number of hydrogen-bond donors (Lipinski definition) is 2. The average Bonchev–Trinajstić information content (AvgIpc) is 3.37. The van der Waals surface area contributed by atoms with Crippen LogP contribution in [0, 0.1) is 5.92 Å². The number of fused-ring (bicyclic) bond motifs is 1. The van der Waals surface area contributed by atoms with E-state index in [9.17, 15) is 13.2 Å². The number of carbonyl (C=O) groups excluding carboxylic acids is 1. The molecule has 31 heavy (non-hydrogen) atoms. The summed E-state index contributed by atoms with van der Waals surface area (Å²) >= 11 is 0. The van der Waals surface area contributed by atoms with Crippen molar-refractivity contribution < 1.29 is 13.2 Å². The van der Waals surface area contributed by atoms with E-state index < -0.39 is 10.0 Å². The fourth-order valence-corrected chi connectivity index (χ4v) is 5.18. The van der Waals surface area contributed by atoms with Crippen LogP contribution in [-0.4, -0.2) is 53.3 Å². The normalized spacial score (nSPS) is 19.5. The second-order valence-electron chi connectivity index (χ2n) is 7.53. The van der Waals surface area contributed by atoms with Gasteiger partial charge >= 0.3 is 0 Å². The number of amidine groups is 1. The van der Waals surface area contributed by atoms with Gasteiger partial charge in [0.2, 0.25) is 11.9 Å². The Labute approximate surface area is 179 Å². The highest BCUT2D eigenvalue weighted by Gasteiger charge is 2.35. The van der Waals surface area contributed by atoms with E-state index in [4.69, 9.17) is 0 Å². The van der Waals surface area contributed by atoms with Crippen molar-refractivity contribution >= 4 is 27.7 Å². The Morgan fingerprint density at radius 3 is 2.71 bits per heavy atom. The van der Waals surface area contributed by atoms with Crippen LogP contribution in [0.2, 0.25) is 0 Å². The Hall–Kier alpha value is -3.53. The van der Waals surface area contributed by atoms with Crippen molar-refractivity contribution in [3.05, 3.63) is 60.2 Å². The number of hydrogen-bond acceptors (Lipinski definition) is 6. The van der Waals surface area contributed by atoms with Crippen LogP contribution in [-0.2, 0) is 14.8 Å². The monoisotopic (exact) mass is 436 g/mol. The van der Waals surface area contributed by atoms with Crippen molar-refractivity contribution in [1.82, 2.24) is 20.1 Å². The predicted octanol–water partition coefficient (Wildman–Crippen LogP) is 2.27. The van der Waals surface area contributed by atoms with Gasteiger partial charge in [0, 0.05) is 24.2 Å². The summed E-state index contributed by atoms with van der Waals surface area (Å²) in [6.07, 6.45) is 1.45. The van der Waals surface area contributed by atoms with Crippen LogP contribution in [0.5, 0.6) is 0 Å². The molecule has 0 aliphatic carbocycles. The zero-order valence-electron chi connectivity index (χ0n) is 16.5. The van der Waals surface area contributed by atoms with Gasteiger partial charge in [0.05, 0.1) is 5.92 Å². The molecular weight excluding hydrogens is 416 g/mol. The van der Waals surface area contributed by atoms with Gasteiger partial charge in [-0.25, -0.2) is 0 Å². The van der Waals surface area contributed by atoms with E-state index in [2.05, 4.69) is 24.9 Å². The Morgan fingerprint density at radius 2 is 1.87 bits per heavy atom. The first-order chi connectivity index (χ1) is 15.0. The summed E-state index contributed by atoms with van der Waals surface area (Å²) in [5.41, 5.74) is 1.46. The van der Waals surface area contributed by atoms with E-state index in [-0.39, 0.29) is 22.7 Å². The van der Waals surface area contributed by atoms with Crippen LogP contribution in [0.15, 0.2) is 63.9 Å². The third kappa shape index (κ3) is 3.70. The van der Waals surface area contributed by atoms with Gasteiger partial charge in [0.1, 0.15) is 4.90 Å². The molecule has 1 atom stereocenters. The van der Waals surface area contributed by atoms with Crippen LogP contribution in [0.3, 0.4) is 0 Å². The minimum absolute atomic E-state index is 0.196. The van der Waals surface area contributed by atoms with E-state index >= 15 is 0 Å². The molecule has 0 spiro atoms. The topological polar surface area (TPSA) is 120 Å². The second-order valence-corrected chi connectivity index (χ2v) is 9.11. The van der Waals surface area contributed by atoms with Gasteiger partial charge < -0.3 is 4.90 Å². The maximum absolute atomic E-state index is 12.9. The fraction of sp³-hybridized carbons (Fsp3) is 0.238. The van der Waals surface area contributed by atoms with Gasteiger partial charge in [-0.3, -0.25) is 15.2 Å². The first-order valence-electron chi connectivity index (χ1n) is 9.99. The lowest BCUT2D eigenvalue weighted by Gasteiger charge is -2.33. The van der Waals surface area contributed by atoms with E-state index in [0.717, 1.165) is 12.0 Å². The average molecular weight is 436 g/mol. The van der Waals surface area contributed by atoms with Gasteiger partial charge in [0.15, 0.2) is 11.7 Å². The standard InChI is InChI=1S/C21H20N6O3S/c28-20(23-21-22-18(24-25-21)14-7-2-1-3-8-14)15-9-6-12-27(13-15)19-16-10-4-5-11-17(16)31(29,30)26-19/h1-5,7-8,10-11,15H,6,9,12-13H2,(H2,22,23,24,25,28). The number of carbonyl (C=O) groups is 1. The zero-order chi connectivity index (χ0) is 21.4. The first kappa shape index (κ1) is 19.4. The van der Waals surface area contributed by atoms with E-state index in [1.807, 2.05) is 35.2 Å².